The van der Waals surface area contributed by atoms with Gasteiger partial charge in [-0.25, -0.2) is 64.0 Å². The zero-order valence-electron chi connectivity index (χ0n) is 65.0. The van der Waals surface area contributed by atoms with E-state index < -0.39 is 217 Å². The Morgan fingerprint density at radius 3 is 1.08 bits per heavy atom. The molecule has 4 saturated heterocycles. The van der Waals surface area contributed by atoms with E-state index in [9.17, 15) is 133 Å². The first kappa shape index (κ1) is 111. The average molecular weight is 2100 g/mol. The highest BCUT2D eigenvalue weighted by Crippen LogP contribution is 2.65. The Morgan fingerprint density at radius 1 is 0.431 bits per heavy atom. The van der Waals surface area contributed by atoms with Crippen LogP contribution in [0.5, 0.6) is 0 Å². The molecule has 0 saturated carbocycles. The molecule has 0 aromatic carbocycles. The number of rotatable bonds is 44. The first-order valence-electron chi connectivity index (χ1n) is 34.6. The van der Waals surface area contributed by atoms with E-state index >= 15 is 0 Å². The Hall–Kier alpha value is -5.86. The monoisotopic (exact) mass is 2100 g/mol. The molecule has 0 aliphatic carbocycles. The molecule has 4 aliphatic rings. The number of nitrogens with two attached hydrogens (primary N) is 3. The number of imidazole rings is 2. The highest BCUT2D eigenvalue weighted by molar-refractivity contribution is 7.67. The van der Waals surface area contributed by atoms with Gasteiger partial charge in [0, 0.05) is 43.6 Å². The van der Waals surface area contributed by atoms with E-state index in [0.717, 1.165) is 9.13 Å². The molecule has 67 nitrogen and oxygen atoms in total. The maximum atomic E-state index is 12.1. The third kappa shape index (κ3) is 36.0. The number of phosphoric acid groups is 12. The van der Waals surface area contributed by atoms with Crippen LogP contribution in [0.25, 0.3) is 22.3 Å². The summed E-state index contributed by atoms with van der Waals surface area (Å²) in [5, 5.41) is 0. The quantitative estimate of drug-likeness (QED) is 0.0127. The Kier molecular flexibility index (Phi) is 39.2. The van der Waals surface area contributed by atoms with Gasteiger partial charge in [0.25, 0.3) is 105 Å². The first-order chi connectivity index (χ1) is 59.8. The van der Waals surface area contributed by atoms with Crippen LogP contribution in [-0.4, -0.2) is 179 Å². The zero-order chi connectivity index (χ0) is 97.5. The van der Waals surface area contributed by atoms with Crippen molar-refractivity contribution in [1.82, 2.24) is 58.1 Å². The summed E-state index contributed by atoms with van der Waals surface area (Å²) in [4.78, 5) is 243. The molecular formula is C51H69N15O52P12-12. The molecule has 4 aliphatic heterocycles. The highest BCUT2D eigenvalue weighted by atomic mass is 31.3. The van der Waals surface area contributed by atoms with Crippen molar-refractivity contribution in [3.05, 3.63) is 135 Å². The number of nitrogens with zero attached hydrogens (tertiary/aromatic N) is 10. The van der Waals surface area contributed by atoms with Crippen LogP contribution >= 0.6 is 93.9 Å². The van der Waals surface area contributed by atoms with Gasteiger partial charge >= 0.3 is 11.4 Å². The number of H-pyrrole nitrogens is 2. The second kappa shape index (κ2) is 45.9. The number of aromatic amines is 2. The summed E-state index contributed by atoms with van der Waals surface area (Å²) in [6.07, 6.45) is 0.895. The van der Waals surface area contributed by atoms with E-state index in [4.69, 9.17) is 74.7 Å². The van der Waals surface area contributed by atoms with Crippen molar-refractivity contribution < 1.29 is 224 Å². The fourth-order valence-corrected chi connectivity index (χ4v) is 22.6. The Morgan fingerprint density at radius 2 is 0.754 bits per heavy atom. The van der Waals surface area contributed by atoms with Crippen LogP contribution in [0.15, 0.2) is 107 Å². The van der Waals surface area contributed by atoms with E-state index in [0.29, 0.717) is 11.2 Å². The van der Waals surface area contributed by atoms with Crippen molar-refractivity contribution in [3.8, 4) is 0 Å². The van der Waals surface area contributed by atoms with Gasteiger partial charge in [0.2, 0.25) is 5.95 Å². The minimum absolute atomic E-state index is 0.00121. The van der Waals surface area contributed by atoms with Gasteiger partial charge in [-0.15, -0.1) is 26.3 Å². The standard InChI is InChI=1S/C13H20N5O13P3.C13H20N5O12P3.C13H21N2O14P3.C12H20N3O13P3/c1-2-3-27-7-4-9(18-6-15-10-11(18)16-13(14)17-12(10)19)29-8(7)5-28-33(23,24)31-34(25,26)30-32(20,21)22;1-2-3-26-8-4-10(18-7-17-11-12(14)15-6-16-13(11)18)28-9(8)5-27-32(22,23)30-33(24,25)29-31(19,20)21;1-3-4-25-9-5-11(15-6-8(2)12(16)14-13(15)17)27-10(9)7-26-31(21,22)29-32(23,24)28-30(18,19)20;1-2-5-24-8-6-11(15-4-3-10(13)14-12(15)16)26-9(8)7-25-30(20,21)28-31(22,23)27-29(17,18)19/h2,6-9H,1,3-5H2,(H,23,24)(H,25,26)(H2,20,21,22)(H3,14,16,17,19);2,6-10H,1,3-5H2,(H,22,23)(H,24,25)(H2,14,15,16)(H2,19,20,21);3,6,9-11H,1,4-5,7H2,2H3,(H,21,22)(H,23,24)(H,14,16,17)(H2,18,19,20);2-4,8-9,11H,1,5-7H2,(H,20,21)(H,22,23)(H2,13,14,16)(H2,17,18,19)/p-12/t7-,8-,9-;8-,9-,10-;9-,10-,11-;8-,9-,11-/m1111/s1. The number of hydrogen-bond acceptors (Lipinski definition) is 57. The molecule has 732 valence electrons. The molecule has 4 fully saturated rings. The molecule has 130 heavy (non-hydrogen) atoms. The van der Waals surface area contributed by atoms with E-state index in [2.05, 4.69) is 119 Å². The van der Waals surface area contributed by atoms with Crippen LogP contribution in [0, 0.1) is 6.92 Å². The summed E-state index contributed by atoms with van der Waals surface area (Å²) in [5.74, 6) is -0.0797. The third-order valence-electron chi connectivity index (χ3n) is 15.7. The summed E-state index contributed by atoms with van der Waals surface area (Å²) >= 11 is 0. The normalized spacial score (nSPS) is 26.6. The summed E-state index contributed by atoms with van der Waals surface area (Å²) in [6.45, 7) is 12.2. The molecular weight excluding hydrogens is 2030 g/mol. The van der Waals surface area contributed by atoms with Crippen LogP contribution in [0.1, 0.15) is 56.2 Å². The number of aromatic nitrogens is 12. The van der Waals surface area contributed by atoms with Gasteiger partial charge in [0.15, 0.2) is 22.6 Å². The third-order valence-corrected chi connectivity index (χ3v) is 30.5. The summed E-state index contributed by atoms with van der Waals surface area (Å²) < 4.78 is 229. The lowest BCUT2D eigenvalue weighted by molar-refractivity contribution is -0.254. The van der Waals surface area contributed by atoms with Crippen LogP contribution in [0.3, 0.4) is 0 Å². The topological polar surface area (TPSA) is 1020 Å². The Labute approximate surface area is 724 Å². The van der Waals surface area contributed by atoms with Crippen molar-refractivity contribution in [2.75, 3.05) is 70.1 Å². The van der Waals surface area contributed by atoms with E-state index in [-0.39, 0.29) is 86.4 Å². The van der Waals surface area contributed by atoms with Crippen LogP contribution in [0.2, 0.25) is 0 Å². The Bertz CT molecular complexity index is 5890. The number of ether oxygens (including phenoxy) is 8. The fourth-order valence-electron chi connectivity index (χ4n) is 11.0. The van der Waals surface area contributed by atoms with Crippen molar-refractivity contribution >= 4 is 134 Å². The molecule has 0 spiro atoms. The molecule has 24 atom stereocenters. The zero-order valence-corrected chi connectivity index (χ0v) is 75.7. The van der Waals surface area contributed by atoms with Crippen LogP contribution in [0.4, 0.5) is 17.6 Å². The molecule has 10 rings (SSSR count). The first-order valence-corrected chi connectivity index (χ1v) is 52.3. The SMILES string of the molecule is C=CCO[C@@H]1C[C@H](n2cc(C)c(=O)[nH]c2=O)O[C@@H]1COP(=O)([O-])OP(=O)([O-])OP(=O)([O-])O.C=CCO[C@@H]1C[C@H](n2ccc(N)nc2=O)O[C@@H]1COP(=O)([O-])OP(=O)([O-])OP(=O)([O-])O.C=CCO[C@@H]1C[C@H](n2cnc3c(=O)[nH]c(N)nc32)O[C@@H]1COP(=O)([O-])OP(=O)([O-])OP(=O)([O-])O.C=CCO[C@@H]1C[C@H](n2cnc3c(N)ncnc32)O[C@@H]1COP(=O)([O-])OP(=O)([O-])OP(=O)([O-])O. The fraction of sp³-hybridized carbons (Fsp3) is 0.490. The van der Waals surface area contributed by atoms with E-state index in [1.807, 2.05) is 0 Å². The number of nitrogens with one attached hydrogen (secondary N) is 2. The van der Waals surface area contributed by atoms with Crippen LogP contribution < -0.4 is 98.4 Å². The van der Waals surface area contributed by atoms with Gasteiger partial charge in [0.05, 0.1) is 89.9 Å². The molecule has 0 amide bonds. The second-order valence-electron chi connectivity index (χ2n) is 25.3. The Balaban J connectivity index is 0.000000237. The number of hydrogen-bond donors (Lipinski definition) is 9. The minimum Gasteiger partial charge on any atom is -0.756 e. The lowest BCUT2D eigenvalue weighted by Gasteiger charge is -2.33. The maximum absolute atomic E-state index is 12.1. The molecule has 12 N–H and O–H groups in total. The highest BCUT2D eigenvalue weighted by Gasteiger charge is 2.44. The lowest BCUT2D eigenvalue weighted by Crippen LogP contribution is -2.33. The molecule has 79 heteroatoms. The summed E-state index contributed by atoms with van der Waals surface area (Å²) in [5.41, 5.74) is 14.9. The summed E-state index contributed by atoms with van der Waals surface area (Å²) in [7, 11) is -70.3. The van der Waals surface area contributed by atoms with Crippen LogP contribution in [-0.2, 0) is 145 Å². The number of aryl methyl sites for hydroxylation is 1. The van der Waals surface area contributed by atoms with Gasteiger partial charge in [-0.1, -0.05) is 24.3 Å². The smallest absolute Gasteiger partial charge is 0.351 e. The van der Waals surface area contributed by atoms with Gasteiger partial charge in [0.1, 0.15) is 67.0 Å². The van der Waals surface area contributed by atoms with E-state index in [1.54, 1.807) is 0 Å². The average Bonchev–Trinajstić information content (AvgIpc) is 1.63. The largest absolute Gasteiger partial charge is 0.756 e. The van der Waals surface area contributed by atoms with Gasteiger partial charge < -0.3 is 151 Å². The van der Waals surface area contributed by atoms with Gasteiger partial charge in [-0.05, 0) is 13.0 Å². The minimum atomic E-state index is -6.05. The number of anilines is 3. The molecule has 0 radical (unpaired) electrons. The molecule has 10 heterocycles. The van der Waals surface area contributed by atoms with E-state index in [1.165, 1.54) is 77.8 Å². The molecule has 12 unspecified atom stereocenters. The van der Waals surface area contributed by atoms with Crippen molar-refractivity contribution in [1.29, 1.82) is 0 Å². The predicted octanol–water partition coefficient (Wildman–Crippen LogP) is -7.00. The van der Waals surface area contributed by atoms with Crippen molar-refractivity contribution in [3.63, 3.8) is 0 Å². The number of fused-ring (bicyclic) bond motifs is 2. The lowest BCUT2D eigenvalue weighted by atomic mass is 10.2. The summed E-state index contributed by atoms with van der Waals surface area (Å²) in [6, 6.07) is 1.33. The van der Waals surface area contributed by atoms with Crippen molar-refractivity contribution in [2.24, 2.45) is 0 Å². The van der Waals surface area contributed by atoms with Gasteiger partial charge in [-0.3, -0.25) is 92.6 Å². The van der Waals surface area contributed by atoms with Crippen molar-refractivity contribution in [2.45, 2.75) is 106 Å². The maximum Gasteiger partial charge on any atom is 0.351 e. The molecule has 6 aromatic rings. The second-order valence-corrected chi connectivity index (χ2v) is 42.4. The number of nitrogen functional groups attached to an aromatic ring is 3. The molecule has 6 aromatic heterocycles. The molecule has 0 bridgehead atoms. The van der Waals surface area contributed by atoms with Gasteiger partial charge in [-0.2, -0.15) is 9.97 Å². The predicted molar refractivity (Wildman–Crippen MR) is 398 cm³/mol. The number of phosphoric ester groups is 4.